The average Bonchev–Trinajstić information content (AvgIpc) is 2.85. The van der Waals surface area contributed by atoms with Gasteiger partial charge >= 0.3 is 0 Å². The lowest BCUT2D eigenvalue weighted by Gasteiger charge is -2.08. The number of halogens is 2. The lowest BCUT2D eigenvalue weighted by Crippen LogP contribution is -2.07. The van der Waals surface area contributed by atoms with Crippen molar-refractivity contribution in [1.29, 1.82) is 0 Å². The number of aromatic nitrogens is 1. The Balaban J connectivity index is 2.18. The minimum absolute atomic E-state index is 0.125. The molecule has 1 aromatic heterocycles. The molecule has 114 valence electrons. The van der Waals surface area contributed by atoms with E-state index < -0.39 is 11.6 Å². The van der Waals surface area contributed by atoms with E-state index >= 15 is 0 Å². The molecule has 0 fully saturated rings. The fourth-order valence-corrected chi connectivity index (χ4v) is 2.64. The largest absolute Gasteiger partial charge is 0.480 e. The van der Waals surface area contributed by atoms with Gasteiger partial charge in [0.1, 0.15) is 11.6 Å². The molecule has 1 N–H and O–H groups in total. The predicted molar refractivity (Wildman–Crippen MR) is 81.4 cm³/mol. The molecule has 2 rings (SSSR count). The Hall–Kier alpha value is -1.89. The van der Waals surface area contributed by atoms with Crippen LogP contribution in [0.25, 0.3) is 0 Å². The summed E-state index contributed by atoms with van der Waals surface area (Å²) in [7, 11) is 5.29. The van der Waals surface area contributed by atoms with Crippen molar-refractivity contribution in [3.63, 3.8) is 0 Å². The van der Waals surface area contributed by atoms with Crippen LogP contribution in [0.1, 0.15) is 10.4 Å². The SMILES string of the molecule is COc1nc(N(C)C)sc1CNc1cc(F)c(C)cc1F. The van der Waals surface area contributed by atoms with Gasteiger partial charge in [0.2, 0.25) is 5.88 Å². The molecule has 1 heterocycles. The normalized spacial score (nSPS) is 10.6. The first-order valence-corrected chi connectivity index (χ1v) is 7.14. The molecule has 1 aromatic carbocycles. The minimum atomic E-state index is -0.481. The van der Waals surface area contributed by atoms with Gasteiger partial charge in [-0.2, -0.15) is 4.98 Å². The van der Waals surface area contributed by atoms with Crippen molar-refractivity contribution in [1.82, 2.24) is 4.98 Å². The van der Waals surface area contributed by atoms with E-state index in [1.165, 1.54) is 31.4 Å². The highest BCUT2D eigenvalue weighted by atomic mass is 32.1. The summed E-state index contributed by atoms with van der Waals surface area (Å²) in [6.45, 7) is 1.84. The van der Waals surface area contributed by atoms with Gasteiger partial charge in [-0.15, -0.1) is 0 Å². The summed E-state index contributed by atoms with van der Waals surface area (Å²) >= 11 is 1.44. The molecule has 0 aliphatic rings. The first kappa shape index (κ1) is 15.5. The lowest BCUT2D eigenvalue weighted by atomic mass is 10.2. The van der Waals surface area contributed by atoms with E-state index in [2.05, 4.69) is 10.3 Å². The third kappa shape index (κ3) is 3.41. The van der Waals surface area contributed by atoms with Gasteiger partial charge in [0, 0.05) is 20.2 Å². The van der Waals surface area contributed by atoms with Gasteiger partial charge in [0.25, 0.3) is 0 Å². The fourth-order valence-electron chi connectivity index (χ4n) is 1.75. The molecule has 0 aliphatic carbocycles. The van der Waals surface area contributed by atoms with E-state index in [1.807, 2.05) is 19.0 Å². The van der Waals surface area contributed by atoms with Gasteiger partial charge in [0.05, 0.1) is 24.2 Å². The second-order valence-electron chi connectivity index (χ2n) is 4.76. The molecule has 7 heteroatoms. The highest BCUT2D eigenvalue weighted by Crippen LogP contribution is 2.31. The molecule has 0 spiro atoms. The van der Waals surface area contributed by atoms with E-state index in [0.717, 1.165) is 16.1 Å². The Kier molecular flexibility index (Phi) is 4.62. The van der Waals surface area contributed by atoms with E-state index in [-0.39, 0.29) is 11.3 Å². The third-order valence-corrected chi connectivity index (χ3v) is 4.12. The second kappa shape index (κ2) is 6.26. The van der Waals surface area contributed by atoms with Crippen molar-refractivity contribution in [2.24, 2.45) is 0 Å². The highest BCUT2D eigenvalue weighted by molar-refractivity contribution is 7.15. The summed E-state index contributed by atoms with van der Waals surface area (Å²) in [5, 5.41) is 3.67. The van der Waals surface area contributed by atoms with E-state index in [4.69, 9.17) is 4.74 Å². The van der Waals surface area contributed by atoms with Gasteiger partial charge < -0.3 is 15.0 Å². The van der Waals surface area contributed by atoms with Crippen molar-refractivity contribution < 1.29 is 13.5 Å². The van der Waals surface area contributed by atoms with Crippen molar-refractivity contribution in [3.8, 4) is 5.88 Å². The lowest BCUT2D eigenvalue weighted by molar-refractivity contribution is 0.397. The zero-order valence-electron chi connectivity index (χ0n) is 12.3. The summed E-state index contributed by atoms with van der Waals surface area (Å²) < 4.78 is 32.5. The number of nitrogens with one attached hydrogen (secondary N) is 1. The number of thiazole rings is 1. The number of hydrogen-bond donors (Lipinski definition) is 1. The van der Waals surface area contributed by atoms with Crippen LogP contribution in [0.2, 0.25) is 0 Å². The quantitative estimate of drug-likeness (QED) is 0.918. The van der Waals surface area contributed by atoms with Crippen LogP contribution in [0.4, 0.5) is 19.6 Å². The van der Waals surface area contributed by atoms with Crippen LogP contribution in [0.5, 0.6) is 5.88 Å². The van der Waals surface area contributed by atoms with Gasteiger partial charge in [0.15, 0.2) is 5.13 Å². The molecule has 4 nitrogen and oxygen atoms in total. The Morgan fingerprint density at radius 3 is 2.62 bits per heavy atom. The summed E-state index contributed by atoms with van der Waals surface area (Å²) in [5.74, 6) is -0.432. The first-order valence-electron chi connectivity index (χ1n) is 6.33. The molecule has 0 saturated carbocycles. The number of ether oxygens (including phenoxy) is 1. The molecule has 0 amide bonds. The maximum Gasteiger partial charge on any atom is 0.231 e. The monoisotopic (exact) mass is 313 g/mol. The van der Waals surface area contributed by atoms with Crippen LogP contribution < -0.4 is 15.0 Å². The standard InChI is InChI=1S/C14H17F2N3OS/c1-8-5-10(16)11(6-9(8)15)17-7-12-13(20-4)18-14(21-12)19(2)3/h5-6,17H,7H2,1-4H3. The Morgan fingerprint density at radius 2 is 2.00 bits per heavy atom. The molecule has 0 unspecified atom stereocenters. The summed E-state index contributed by atoms with van der Waals surface area (Å²) in [4.78, 5) is 6.99. The van der Waals surface area contributed by atoms with Crippen molar-refractivity contribution in [3.05, 3.63) is 34.2 Å². The smallest absolute Gasteiger partial charge is 0.231 e. The molecule has 2 aromatic rings. The van der Waals surface area contributed by atoms with Gasteiger partial charge in [-0.3, -0.25) is 0 Å². The summed E-state index contributed by atoms with van der Waals surface area (Å²) in [6, 6.07) is 2.33. The van der Waals surface area contributed by atoms with E-state index in [1.54, 1.807) is 0 Å². The number of benzene rings is 1. The van der Waals surface area contributed by atoms with E-state index in [0.29, 0.717) is 12.4 Å². The fraction of sp³-hybridized carbons (Fsp3) is 0.357. The van der Waals surface area contributed by atoms with Crippen molar-refractivity contribution in [2.45, 2.75) is 13.5 Å². The number of nitrogens with zero attached hydrogens (tertiary/aromatic N) is 2. The molecule has 0 bridgehead atoms. The van der Waals surface area contributed by atoms with E-state index in [9.17, 15) is 8.78 Å². The average molecular weight is 313 g/mol. The Morgan fingerprint density at radius 1 is 1.29 bits per heavy atom. The number of rotatable bonds is 5. The van der Waals surface area contributed by atoms with Crippen LogP contribution in [0.15, 0.2) is 12.1 Å². The Bertz CT molecular complexity index is 643. The summed E-state index contributed by atoms with van der Waals surface area (Å²) in [5.41, 5.74) is 0.406. The second-order valence-corrected chi connectivity index (χ2v) is 5.82. The van der Waals surface area contributed by atoms with Crippen molar-refractivity contribution in [2.75, 3.05) is 31.4 Å². The first-order chi connectivity index (χ1) is 9.92. The number of hydrogen-bond acceptors (Lipinski definition) is 5. The van der Waals surface area contributed by atoms with Gasteiger partial charge in [-0.05, 0) is 18.6 Å². The molecular weight excluding hydrogens is 296 g/mol. The molecule has 0 atom stereocenters. The zero-order chi connectivity index (χ0) is 15.6. The van der Waals surface area contributed by atoms with Crippen molar-refractivity contribution >= 4 is 22.2 Å². The molecule has 0 radical (unpaired) electrons. The highest BCUT2D eigenvalue weighted by Gasteiger charge is 2.14. The van der Waals surface area contributed by atoms with Gasteiger partial charge in [-0.1, -0.05) is 11.3 Å². The topological polar surface area (TPSA) is 37.4 Å². The molecule has 0 saturated heterocycles. The van der Waals surface area contributed by atoms with Crippen LogP contribution in [0, 0.1) is 18.6 Å². The molecule has 0 aliphatic heterocycles. The maximum absolute atomic E-state index is 13.8. The van der Waals surface area contributed by atoms with Gasteiger partial charge in [-0.25, -0.2) is 8.78 Å². The minimum Gasteiger partial charge on any atom is -0.480 e. The zero-order valence-corrected chi connectivity index (χ0v) is 13.1. The third-order valence-electron chi connectivity index (χ3n) is 2.91. The van der Waals surface area contributed by atoms with Crippen LogP contribution in [-0.2, 0) is 6.54 Å². The molecule has 21 heavy (non-hydrogen) atoms. The molecular formula is C14H17F2N3OS. The predicted octanol–water partition coefficient (Wildman–Crippen LogP) is 3.42. The van der Waals surface area contributed by atoms with Crippen LogP contribution in [0.3, 0.4) is 0 Å². The number of aryl methyl sites for hydroxylation is 1. The summed E-state index contributed by atoms with van der Waals surface area (Å²) in [6.07, 6.45) is 0. The van der Waals surface area contributed by atoms with Crippen LogP contribution >= 0.6 is 11.3 Å². The Labute approximate surface area is 126 Å². The van der Waals surface area contributed by atoms with Crippen LogP contribution in [-0.4, -0.2) is 26.2 Å². The number of methoxy groups -OCH3 is 1. The number of anilines is 2. The maximum atomic E-state index is 13.8.